The number of carboxylic acids is 1. The second kappa shape index (κ2) is 5.77. The topological polar surface area (TPSA) is 99.5 Å². The molecule has 0 aliphatic carbocycles. The maximum absolute atomic E-state index is 11.4. The van der Waals surface area contributed by atoms with Gasteiger partial charge in [0, 0.05) is 6.20 Å². The van der Waals surface area contributed by atoms with E-state index in [1.807, 2.05) is 32.9 Å². The highest BCUT2D eigenvalue weighted by molar-refractivity contribution is 5.92. The summed E-state index contributed by atoms with van der Waals surface area (Å²) in [7, 11) is 0. The number of aromatic nitrogens is 2. The largest absolute Gasteiger partial charge is 0.504 e. The van der Waals surface area contributed by atoms with E-state index in [9.17, 15) is 15.0 Å². The molecule has 0 amide bonds. The fraction of sp³-hybridized carbons (Fsp3) is 0.176. The van der Waals surface area contributed by atoms with E-state index in [2.05, 4.69) is 15.2 Å². The minimum atomic E-state index is -1.23. The Bertz CT molecular complexity index is 966. The highest BCUT2D eigenvalue weighted by Gasteiger charge is 2.20. The van der Waals surface area contributed by atoms with E-state index < -0.39 is 5.97 Å². The molecular formula is C17H16N4O3. The molecule has 3 rings (SSSR count). The number of nitrogens with zero attached hydrogens (tertiary/aromatic N) is 4. The van der Waals surface area contributed by atoms with Gasteiger partial charge in [0.1, 0.15) is 0 Å². The smallest absolute Gasteiger partial charge is 0.358 e. The van der Waals surface area contributed by atoms with Crippen molar-refractivity contribution in [1.29, 1.82) is 0 Å². The van der Waals surface area contributed by atoms with Gasteiger partial charge in [-0.15, -0.1) is 10.2 Å². The molecule has 0 bridgehead atoms. The average molecular weight is 324 g/mol. The Morgan fingerprint density at radius 1 is 1.17 bits per heavy atom. The lowest BCUT2D eigenvalue weighted by molar-refractivity contribution is 0.0692. The molecule has 2 heterocycles. The van der Waals surface area contributed by atoms with Gasteiger partial charge in [-0.25, -0.2) is 9.78 Å². The number of aromatic hydroxyl groups is 1. The molecule has 0 aliphatic rings. The van der Waals surface area contributed by atoms with Crippen molar-refractivity contribution < 1.29 is 15.0 Å². The quantitative estimate of drug-likeness (QED) is 0.709. The molecule has 2 aromatic heterocycles. The van der Waals surface area contributed by atoms with E-state index >= 15 is 0 Å². The number of carboxylic acid groups (broad SMARTS) is 1. The van der Waals surface area contributed by atoms with Gasteiger partial charge in [-0.1, -0.05) is 17.7 Å². The Labute approximate surface area is 137 Å². The van der Waals surface area contributed by atoms with Crippen LogP contribution in [0.4, 0.5) is 11.5 Å². The van der Waals surface area contributed by atoms with E-state index in [-0.39, 0.29) is 22.9 Å². The summed E-state index contributed by atoms with van der Waals surface area (Å²) in [5, 5.41) is 27.5. The van der Waals surface area contributed by atoms with Crippen LogP contribution in [0, 0.1) is 20.8 Å². The summed E-state index contributed by atoms with van der Waals surface area (Å²) in [6, 6.07) is 6.99. The minimum absolute atomic E-state index is 0.0628. The molecule has 3 aromatic rings. The molecule has 0 spiro atoms. The van der Waals surface area contributed by atoms with Crippen LogP contribution in [0.1, 0.15) is 27.2 Å². The van der Waals surface area contributed by atoms with Crippen molar-refractivity contribution in [1.82, 2.24) is 9.38 Å². The molecule has 24 heavy (non-hydrogen) atoms. The summed E-state index contributed by atoms with van der Waals surface area (Å²) in [5.41, 5.74) is 3.57. The molecule has 0 aliphatic heterocycles. The Morgan fingerprint density at radius 2 is 1.83 bits per heavy atom. The molecule has 1 aromatic carbocycles. The van der Waals surface area contributed by atoms with Crippen LogP contribution in [0.15, 0.2) is 40.7 Å². The zero-order valence-corrected chi connectivity index (χ0v) is 13.5. The third-order valence-corrected chi connectivity index (χ3v) is 3.69. The van der Waals surface area contributed by atoms with Gasteiger partial charge in [0.25, 0.3) is 0 Å². The molecule has 122 valence electrons. The first kappa shape index (κ1) is 15.7. The summed E-state index contributed by atoms with van der Waals surface area (Å²) in [4.78, 5) is 15.4. The van der Waals surface area contributed by atoms with Gasteiger partial charge < -0.3 is 10.2 Å². The maximum Gasteiger partial charge on any atom is 0.358 e. The van der Waals surface area contributed by atoms with E-state index in [1.54, 1.807) is 12.3 Å². The standard InChI is InChI=1S/C17H16N4O3/c1-9-7-10(2)13(11(3)8-9)19-20-16-14(17(23)24)18-15-12(22)5-4-6-21(15)16/h4-8,22H,1-3H3,(H,23,24). The number of pyridine rings is 1. The third-order valence-electron chi connectivity index (χ3n) is 3.69. The van der Waals surface area contributed by atoms with Gasteiger partial charge in [-0.05, 0) is 44.0 Å². The molecule has 0 atom stereocenters. The maximum atomic E-state index is 11.4. The molecular weight excluding hydrogens is 308 g/mol. The Hall–Kier alpha value is -3.22. The highest BCUT2D eigenvalue weighted by atomic mass is 16.4. The predicted octanol–water partition coefficient (Wildman–Crippen LogP) is 4.08. The number of aryl methyl sites for hydroxylation is 3. The summed E-state index contributed by atoms with van der Waals surface area (Å²) in [5.74, 6) is -1.29. The van der Waals surface area contributed by atoms with Gasteiger partial charge in [-0.2, -0.15) is 0 Å². The normalized spacial score (nSPS) is 11.5. The molecule has 0 fully saturated rings. The van der Waals surface area contributed by atoms with E-state index in [1.165, 1.54) is 10.5 Å². The average Bonchev–Trinajstić information content (AvgIpc) is 2.87. The number of azo groups is 1. The first-order chi connectivity index (χ1) is 11.4. The number of imidazole rings is 1. The summed E-state index contributed by atoms with van der Waals surface area (Å²) < 4.78 is 1.40. The number of rotatable bonds is 3. The number of hydrogen-bond donors (Lipinski definition) is 2. The highest BCUT2D eigenvalue weighted by Crippen LogP contribution is 2.30. The lowest BCUT2D eigenvalue weighted by Crippen LogP contribution is -1.96. The van der Waals surface area contributed by atoms with Crippen LogP contribution in [0.2, 0.25) is 0 Å². The zero-order valence-electron chi connectivity index (χ0n) is 13.5. The molecule has 0 radical (unpaired) electrons. The molecule has 0 saturated carbocycles. The van der Waals surface area contributed by atoms with Gasteiger partial charge >= 0.3 is 5.97 Å². The van der Waals surface area contributed by atoms with Crippen molar-refractivity contribution in [2.45, 2.75) is 20.8 Å². The van der Waals surface area contributed by atoms with E-state index in [0.29, 0.717) is 5.69 Å². The van der Waals surface area contributed by atoms with E-state index in [0.717, 1.165) is 16.7 Å². The number of hydrogen-bond acceptors (Lipinski definition) is 5. The fourth-order valence-corrected chi connectivity index (χ4v) is 2.71. The second-order valence-corrected chi connectivity index (χ2v) is 5.62. The van der Waals surface area contributed by atoms with Crippen molar-refractivity contribution in [3.05, 3.63) is 52.8 Å². The van der Waals surface area contributed by atoms with Crippen molar-refractivity contribution in [2.24, 2.45) is 10.2 Å². The van der Waals surface area contributed by atoms with Gasteiger partial charge in [0.05, 0.1) is 5.69 Å². The number of benzene rings is 1. The Balaban J connectivity index is 2.18. The molecule has 0 unspecified atom stereocenters. The lowest BCUT2D eigenvalue weighted by Gasteiger charge is -2.05. The van der Waals surface area contributed by atoms with Crippen LogP contribution in [0.5, 0.6) is 5.75 Å². The van der Waals surface area contributed by atoms with Crippen molar-refractivity contribution >= 4 is 23.1 Å². The summed E-state index contributed by atoms with van der Waals surface area (Å²) in [6.45, 7) is 5.84. The molecule has 7 nitrogen and oxygen atoms in total. The number of carbonyl (C=O) groups is 1. The molecule has 2 N–H and O–H groups in total. The summed E-state index contributed by atoms with van der Waals surface area (Å²) >= 11 is 0. The first-order valence-electron chi connectivity index (χ1n) is 7.31. The van der Waals surface area contributed by atoms with Crippen LogP contribution in [0.25, 0.3) is 5.65 Å². The Morgan fingerprint density at radius 3 is 2.46 bits per heavy atom. The Kier molecular flexibility index (Phi) is 3.76. The van der Waals surface area contributed by atoms with Gasteiger partial charge in [0.15, 0.2) is 22.9 Å². The van der Waals surface area contributed by atoms with Gasteiger partial charge in [0.2, 0.25) is 0 Å². The molecule has 7 heteroatoms. The monoisotopic (exact) mass is 324 g/mol. The first-order valence-corrected chi connectivity index (χ1v) is 7.31. The van der Waals surface area contributed by atoms with Crippen molar-refractivity contribution in [2.75, 3.05) is 0 Å². The SMILES string of the molecule is Cc1cc(C)c(N=Nc2c(C(=O)O)nc3c(O)cccn23)c(C)c1. The minimum Gasteiger partial charge on any atom is -0.504 e. The number of fused-ring (bicyclic) bond motifs is 1. The van der Waals surface area contributed by atoms with Gasteiger partial charge in [-0.3, -0.25) is 4.40 Å². The number of aromatic carboxylic acids is 1. The van der Waals surface area contributed by atoms with Crippen LogP contribution in [-0.4, -0.2) is 25.6 Å². The fourth-order valence-electron chi connectivity index (χ4n) is 2.71. The predicted molar refractivity (Wildman–Crippen MR) is 88.6 cm³/mol. The van der Waals surface area contributed by atoms with E-state index in [4.69, 9.17) is 0 Å². The van der Waals surface area contributed by atoms with Crippen LogP contribution >= 0.6 is 0 Å². The molecule has 0 saturated heterocycles. The second-order valence-electron chi connectivity index (χ2n) is 5.62. The lowest BCUT2D eigenvalue weighted by atomic mass is 10.1. The van der Waals surface area contributed by atoms with Crippen LogP contribution in [-0.2, 0) is 0 Å². The van der Waals surface area contributed by atoms with Crippen LogP contribution < -0.4 is 0 Å². The summed E-state index contributed by atoms with van der Waals surface area (Å²) in [6.07, 6.45) is 1.58. The van der Waals surface area contributed by atoms with Crippen LogP contribution in [0.3, 0.4) is 0 Å². The zero-order chi connectivity index (χ0) is 17.4. The third kappa shape index (κ3) is 2.60. The van der Waals surface area contributed by atoms with Crippen molar-refractivity contribution in [3.8, 4) is 5.75 Å². The van der Waals surface area contributed by atoms with Crippen molar-refractivity contribution in [3.63, 3.8) is 0 Å².